The van der Waals surface area contributed by atoms with Gasteiger partial charge in [0.25, 0.3) is 0 Å². The van der Waals surface area contributed by atoms with Crippen LogP contribution < -0.4 is 31.4 Å². The summed E-state index contributed by atoms with van der Waals surface area (Å²) >= 11 is 0. The minimum atomic E-state index is -2.87. The lowest BCUT2D eigenvalue weighted by molar-refractivity contribution is 0.565. The Balaban J connectivity index is 1.28. The molecule has 0 aromatic heterocycles. The lowest BCUT2D eigenvalue weighted by Gasteiger charge is -2.21. The van der Waals surface area contributed by atoms with E-state index in [4.69, 9.17) is 0 Å². The second kappa shape index (κ2) is 13.0. The van der Waals surface area contributed by atoms with Gasteiger partial charge >= 0.3 is 0 Å². The Morgan fingerprint density at radius 2 is 0.639 bits per heavy atom. The fraction of sp³-hybridized carbons (Fsp3) is 0.200. The second-order valence-electron chi connectivity index (χ2n) is 8.79. The highest BCUT2D eigenvalue weighted by molar-refractivity contribution is 7.77. The van der Waals surface area contributed by atoms with Gasteiger partial charge in [-0.2, -0.15) is 0 Å². The van der Waals surface area contributed by atoms with E-state index in [9.17, 15) is 9.13 Å². The molecular weight excluding hydrogens is 482 g/mol. The average Bonchev–Trinajstić information content (AvgIpc) is 2.96. The third-order valence-electron chi connectivity index (χ3n) is 6.25. The molecule has 0 radical (unpaired) electrons. The normalized spacial score (nSPS) is 11.9. The molecule has 0 amide bonds. The maximum absolute atomic E-state index is 14.0. The van der Waals surface area contributed by atoms with Gasteiger partial charge in [-0.25, -0.2) is 0 Å². The lowest BCUT2D eigenvalue weighted by atomic mass is 10.2. The molecule has 6 heteroatoms. The van der Waals surface area contributed by atoms with E-state index in [0.29, 0.717) is 13.1 Å². The maximum Gasteiger partial charge on any atom is 0.204 e. The van der Waals surface area contributed by atoms with Crippen LogP contribution in [-0.2, 0) is 9.13 Å². The third-order valence-corrected chi connectivity index (χ3v) is 11.7. The molecule has 0 bridgehead atoms. The first-order valence-corrected chi connectivity index (χ1v) is 16.0. The first-order valence-electron chi connectivity index (χ1n) is 12.6. The SMILES string of the molecule is O=P(NCCCCCCNP(=O)(c1ccccc1)c1ccccc1)(c1ccccc1)c1ccccc1. The van der Waals surface area contributed by atoms with Crippen molar-refractivity contribution in [2.24, 2.45) is 0 Å². The van der Waals surface area contributed by atoms with E-state index in [1.807, 2.05) is 121 Å². The molecule has 4 rings (SSSR count). The van der Waals surface area contributed by atoms with Crippen molar-refractivity contribution in [3.05, 3.63) is 121 Å². The Morgan fingerprint density at radius 1 is 0.389 bits per heavy atom. The highest BCUT2D eigenvalue weighted by Crippen LogP contribution is 2.39. The highest BCUT2D eigenvalue weighted by Gasteiger charge is 2.27. The Kier molecular flexibility index (Phi) is 9.50. The summed E-state index contributed by atoms with van der Waals surface area (Å²) in [7, 11) is -5.75. The van der Waals surface area contributed by atoms with Crippen LogP contribution in [0.1, 0.15) is 25.7 Å². The van der Waals surface area contributed by atoms with Crippen molar-refractivity contribution >= 4 is 35.8 Å². The van der Waals surface area contributed by atoms with Gasteiger partial charge in [0.2, 0.25) is 14.6 Å². The second-order valence-corrected chi connectivity index (χ2v) is 13.9. The molecule has 0 atom stereocenters. The molecule has 0 saturated heterocycles. The Morgan fingerprint density at radius 3 is 0.889 bits per heavy atom. The average molecular weight is 517 g/mol. The number of benzene rings is 4. The summed E-state index contributed by atoms with van der Waals surface area (Å²) in [6, 6.07) is 38.7. The Hall–Kier alpha value is -2.74. The van der Waals surface area contributed by atoms with E-state index >= 15 is 0 Å². The molecule has 36 heavy (non-hydrogen) atoms. The molecule has 0 unspecified atom stereocenters. The van der Waals surface area contributed by atoms with Crippen LogP contribution in [0.25, 0.3) is 0 Å². The molecule has 0 aliphatic rings. The van der Waals surface area contributed by atoms with Crippen molar-refractivity contribution < 1.29 is 9.13 Å². The van der Waals surface area contributed by atoms with Crippen molar-refractivity contribution in [1.29, 1.82) is 0 Å². The van der Waals surface area contributed by atoms with Crippen LogP contribution in [0.15, 0.2) is 121 Å². The highest BCUT2D eigenvalue weighted by atomic mass is 31.2. The molecule has 186 valence electrons. The predicted octanol–water partition coefficient (Wildman–Crippen LogP) is 5.58. The van der Waals surface area contributed by atoms with Gasteiger partial charge in [0.05, 0.1) is 0 Å². The van der Waals surface area contributed by atoms with Gasteiger partial charge < -0.3 is 0 Å². The lowest BCUT2D eigenvalue weighted by Crippen LogP contribution is -2.28. The number of nitrogens with one attached hydrogen (secondary N) is 2. The van der Waals surface area contributed by atoms with Crippen molar-refractivity contribution in [1.82, 2.24) is 10.2 Å². The summed E-state index contributed by atoms with van der Waals surface area (Å²) in [6.07, 6.45) is 3.88. The molecular formula is C30H34N2O2P2. The van der Waals surface area contributed by atoms with Crippen molar-refractivity contribution in [3.63, 3.8) is 0 Å². The summed E-state index contributed by atoms with van der Waals surface area (Å²) in [6.45, 7) is 1.36. The van der Waals surface area contributed by atoms with Crippen molar-refractivity contribution in [2.45, 2.75) is 25.7 Å². The number of rotatable bonds is 13. The topological polar surface area (TPSA) is 58.2 Å². The molecule has 4 nitrogen and oxygen atoms in total. The van der Waals surface area contributed by atoms with Gasteiger partial charge in [0.1, 0.15) is 0 Å². The van der Waals surface area contributed by atoms with Crippen LogP contribution in [0.3, 0.4) is 0 Å². The summed E-state index contributed by atoms with van der Waals surface area (Å²) in [5, 5.41) is 10.1. The quantitative estimate of drug-likeness (QED) is 0.180. The first kappa shape index (κ1) is 26.3. The standard InChI is InChI=1S/C30H34N2O2P2/c33-35(27-17-7-3-8-18-27,28-19-9-4-10-20-28)31-25-15-1-2-16-26-32-36(34,29-21-11-5-12-22-29)30-23-13-6-14-24-30/h3-14,17-24H,1-2,15-16,25-26H2,(H,31,33)(H,32,34). The molecule has 2 N–H and O–H groups in total. The van der Waals surface area contributed by atoms with Crippen LogP contribution >= 0.6 is 14.6 Å². The number of hydrogen-bond acceptors (Lipinski definition) is 2. The van der Waals surface area contributed by atoms with Gasteiger partial charge in [0.15, 0.2) is 0 Å². The molecule has 0 aliphatic heterocycles. The zero-order valence-electron chi connectivity index (χ0n) is 20.5. The van der Waals surface area contributed by atoms with Gasteiger partial charge in [-0.15, -0.1) is 0 Å². The van der Waals surface area contributed by atoms with E-state index in [1.54, 1.807) is 0 Å². The smallest absolute Gasteiger partial charge is 0.204 e. The molecule has 4 aromatic rings. The van der Waals surface area contributed by atoms with Crippen molar-refractivity contribution in [2.75, 3.05) is 13.1 Å². The van der Waals surface area contributed by atoms with Gasteiger partial charge in [0, 0.05) is 34.3 Å². The molecule has 0 aliphatic carbocycles. The van der Waals surface area contributed by atoms with Crippen molar-refractivity contribution in [3.8, 4) is 0 Å². The monoisotopic (exact) mass is 516 g/mol. The number of unbranched alkanes of at least 4 members (excludes halogenated alkanes) is 3. The fourth-order valence-electron chi connectivity index (χ4n) is 4.29. The zero-order chi connectivity index (χ0) is 25.1. The van der Waals surface area contributed by atoms with Crippen LogP contribution in [0, 0.1) is 0 Å². The molecule has 4 aromatic carbocycles. The molecule has 0 spiro atoms. The molecule has 0 fully saturated rings. The Labute approximate surface area is 215 Å². The predicted molar refractivity (Wildman–Crippen MR) is 154 cm³/mol. The largest absolute Gasteiger partial charge is 0.297 e. The van der Waals surface area contributed by atoms with E-state index < -0.39 is 14.6 Å². The van der Waals surface area contributed by atoms with Crippen LogP contribution in [0.4, 0.5) is 0 Å². The van der Waals surface area contributed by atoms with Gasteiger partial charge in [-0.1, -0.05) is 85.6 Å². The van der Waals surface area contributed by atoms with E-state index in [-0.39, 0.29) is 0 Å². The minimum Gasteiger partial charge on any atom is -0.297 e. The van der Waals surface area contributed by atoms with E-state index in [2.05, 4.69) is 10.2 Å². The fourth-order valence-corrected chi connectivity index (χ4v) is 8.93. The van der Waals surface area contributed by atoms with E-state index in [0.717, 1.165) is 46.9 Å². The van der Waals surface area contributed by atoms with Crippen LogP contribution in [0.2, 0.25) is 0 Å². The van der Waals surface area contributed by atoms with Gasteiger partial charge in [-0.3, -0.25) is 19.3 Å². The summed E-state index contributed by atoms with van der Waals surface area (Å²) in [5.41, 5.74) is 0. The summed E-state index contributed by atoms with van der Waals surface area (Å²) < 4.78 is 28.0. The zero-order valence-corrected chi connectivity index (χ0v) is 22.3. The third kappa shape index (κ3) is 6.52. The molecule has 0 heterocycles. The first-order chi connectivity index (χ1) is 17.6. The maximum atomic E-state index is 14.0. The van der Waals surface area contributed by atoms with Crippen LogP contribution in [-0.4, -0.2) is 13.1 Å². The van der Waals surface area contributed by atoms with Crippen LogP contribution in [0.5, 0.6) is 0 Å². The van der Waals surface area contributed by atoms with Gasteiger partial charge in [-0.05, 0) is 61.4 Å². The summed E-state index contributed by atoms with van der Waals surface area (Å²) in [4.78, 5) is 0. The minimum absolute atomic E-state index is 0.682. The Bertz CT molecular complexity index is 1090. The summed E-state index contributed by atoms with van der Waals surface area (Å²) in [5.74, 6) is 0. The number of hydrogen-bond donors (Lipinski definition) is 2. The van der Waals surface area contributed by atoms with E-state index in [1.165, 1.54) is 0 Å². The molecule has 0 saturated carbocycles.